The van der Waals surface area contributed by atoms with E-state index in [1.165, 1.54) is 23.5 Å². The molecule has 0 unspecified atom stereocenters. The van der Waals surface area contributed by atoms with Crippen LogP contribution >= 0.6 is 23.5 Å². The second kappa shape index (κ2) is 9.40. The van der Waals surface area contributed by atoms with E-state index in [2.05, 4.69) is 19.8 Å². The van der Waals surface area contributed by atoms with Crippen molar-refractivity contribution >= 4 is 57.8 Å². The minimum absolute atomic E-state index is 0.146. The number of aromatic hydroxyl groups is 2. The van der Waals surface area contributed by atoms with Crippen LogP contribution in [0.25, 0.3) is 12.2 Å². The fourth-order valence-electron chi connectivity index (χ4n) is 3.69. The fraction of sp³-hybridized carbons (Fsp3) is 0.167. The molecule has 0 saturated carbocycles. The molecule has 0 atom stereocenters. The van der Waals surface area contributed by atoms with Gasteiger partial charge in [0.1, 0.15) is 11.5 Å². The lowest BCUT2D eigenvalue weighted by atomic mass is 10.2. The number of thioether (sulfide) groups is 2. The molecule has 172 valence electrons. The summed E-state index contributed by atoms with van der Waals surface area (Å²) < 4.78 is 0. The molecule has 34 heavy (non-hydrogen) atoms. The number of nitrogens with zero attached hydrogens (tertiary/aromatic N) is 4. The first-order chi connectivity index (χ1) is 16.4. The number of phenols is 2. The lowest BCUT2D eigenvalue weighted by Crippen LogP contribution is -2.49. The van der Waals surface area contributed by atoms with Crippen LogP contribution in [-0.2, 0) is 9.59 Å². The zero-order chi connectivity index (χ0) is 23.7. The lowest BCUT2D eigenvalue weighted by Gasteiger charge is -2.35. The normalized spacial score (nSPS) is 20.9. The molecule has 1 saturated heterocycles. The Hall–Kier alpha value is -3.50. The molecule has 2 aromatic carbocycles. The largest absolute Gasteiger partial charge is 0.508 e. The lowest BCUT2D eigenvalue weighted by molar-refractivity contribution is -0.114. The maximum absolute atomic E-state index is 12.4. The van der Waals surface area contributed by atoms with Crippen LogP contribution in [0.5, 0.6) is 11.5 Å². The molecule has 2 aromatic rings. The second-order valence-corrected chi connectivity index (χ2v) is 9.80. The van der Waals surface area contributed by atoms with E-state index in [4.69, 9.17) is 0 Å². The van der Waals surface area contributed by atoms with E-state index < -0.39 is 0 Å². The van der Waals surface area contributed by atoms with Gasteiger partial charge in [-0.15, -0.1) is 0 Å². The van der Waals surface area contributed by atoms with Crippen LogP contribution in [0.15, 0.2) is 68.3 Å². The van der Waals surface area contributed by atoms with Crippen molar-refractivity contribution in [1.29, 1.82) is 0 Å². The number of rotatable bonds is 2. The molecule has 8 nitrogen and oxygen atoms in total. The number of amides is 2. The van der Waals surface area contributed by atoms with Crippen LogP contribution in [0.3, 0.4) is 0 Å². The van der Waals surface area contributed by atoms with Crippen LogP contribution in [0.1, 0.15) is 11.1 Å². The Morgan fingerprint density at radius 3 is 1.50 bits per heavy atom. The number of phenolic OH excluding ortho intramolecular Hbond substituents is 2. The average Bonchev–Trinajstić information content (AvgIpc) is 3.36. The Morgan fingerprint density at radius 1 is 0.706 bits per heavy atom. The highest BCUT2D eigenvalue weighted by atomic mass is 32.2. The number of benzene rings is 2. The minimum Gasteiger partial charge on any atom is -0.508 e. The summed E-state index contributed by atoms with van der Waals surface area (Å²) in [4.78, 5) is 38.3. The third-order valence-corrected chi connectivity index (χ3v) is 7.46. The van der Waals surface area contributed by atoms with Gasteiger partial charge in [-0.05, 0) is 71.1 Å². The topological polar surface area (TPSA) is 106 Å². The number of amidine groups is 2. The summed E-state index contributed by atoms with van der Waals surface area (Å²) in [6, 6.07) is 13.5. The molecule has 5 rings (SSSR count). The van der Waals surface area contributed by atoms with Gasteiger partial charge in [0.05, 0.1) is 9.81 Å². The standard InChI is InChI=1S/C24H20N4O4S2/c29-17-5-1-3-15(11-17)13-19-21(31)25-23(33-19)27-7-9-28(10-8-27)24-26-22(32)20(34-24)14-16-4-2-6-18(30)12-16/h1-6,11-14,29-30H,7-10H2. The van der Waals surface area contributed by atoms with E-state index in [1.54, 1.807) is 48.6 Å². The van der Waals surface area contributed by atoms with Gasteiger partial charge >= 0.3 is 0 Å². The first-order valence-corrected chi connectivity index (χ1v) is 12.2. The fourth-order valence-corrected chi connectivity index (χ4v) is 5.62. The molecule has 0 bridgehead atoms. The Morgan fingerprint density at radius 2 is 1.12 bits per heavy atom. The van der Waals surface area contributed by atoms with Gasteiger partial charge in [0, 0.05) is 26.2 Å². The summed E-state index contributed by atoms with van der Waals surface area (Å²) in [7, 11) is 0. The summed E-state index contributed by atoms with van der Waals surface area (Å²) in [5, 5.41) is 20.6. The van der Waals surface area contributed by atoms with Crippen molar-refractivity contribution in [2.24, 2.45) is 9.98 Å². The Labute approximate surface area is 204 Å². The molecule has 0 aromatic heterocycles. The average molecular weight is 493 g/mol. The van der Waals surface area contributed by atoms with Crippen molar-refractivity contribution in [2.75, 3.05) is 26.2 Å². The molecule has 10 heteroatoms. The van der Waals surface area contributed by atoms with E-state index in [-0.39, 0.29) is 23.3 Å². The first-order valence-electron chi connectivity index (χ1n) is 10.6. The SMILES string of the molecule is O=C1N=C(N2CCN(C3=NC(=O)C(=Cc4cccc(O)c4)S3)CC2)SC1=Cc1cccc(O)c1. The molecular formula is C24H20N4O4S2. The van der Waals surface area contributed by atoms with Crippen molar-refractivity contribution in [3.8, 4) is 11.5 Å². The monoisotopic (exact) mass is 492 g/mol. The van der Waals surface area contributed by atoms with Gasteiger partial charge in [-0.1, -0.05) is 24.3 Å². The smallest absolute Gasteiger partial charge is 0.286 e. The van der Waals surface area contributed by atoms with Crippen molar-refractivity contribution in [3.63, 3.8) is 0 Å². The molecule has 0 spiro atoms. The van der Waals surface area contributed by atoms with Gasteiger partial charge < -0.3 is 20.0 Å². The maximum Gasteiger partial charge on any atom is 0.286 e. The number of carbonyl (C=O) groups is 2. The van der Waals surface area contributed by atoms with Crippen LogP contribution in [-0.4, -0.2) is 68.3 Å². The summed E-state index contributed by atoms with van der Waals surface area (Å²) in [6.07, 6.45) is 3.46. The first kappa shape index (κ1) is 22.3. The van der Waals surface area contributed by atoms with E-state index >= 15 is 0 Å². The maximum atomic E-state index is 12.4. The molecular weight excluding hydrogens is 472 g/mol. The minimum atomic E-state index is -0.283. The summed E-state index contributed by atoms with van der Waals surface area (Å²) >= 11 is 2.66. The van der Waals surface area contributed by atoms with Crippen molar-refractivity contribution in [3.05, 3.63) is 69.5 Å². The van der Waals surface area contributed by atoms with Gasteiger partial charge in [0.25, 0.3) is 11.8 Å². The highest BCUT2D eigenvalue weighted by Crippen LogP contribution is 2.33. The van der Waals surface area contributed by atoms with Crippen LogP contribution in [0.4, 0.5) is 0 Å². The van der Waals surface area contributed by atoms with Gasteiger partial charge in [-0.3, -0.25) is 9.59 Å². The molecule has 2 N–H and O–H groups in total. The number of hydrogen-bond acceptors (Lipinski definition) is 8. The van der Waals surface area contributed by atoms with E-state index in [9.17, 15) is 19.8 Å². The van der Waals surface area contributed by atoms with Gasteiger partial charge in [-0.2, -0.15) is 9.98 Å². The highest BCUT2D eigenvalue weighted by molar-refractivity contribution is 8.18. The van der Waals surface area contributed by atoms with Crippen molar-refractivity contribution in [2.45, 2.75) is 0 Å². The third kappa shape index (κ3) is 4.87. The number of aliphatic imine (C=N–C) groups is 2. The van der Waals surface area contributed by atoms with Gasteiger partial charge in [-0.25, -0.2) is 0 Å². The van der Waals surface area contributed by atoms with Gasteiger partial charge in [0.15, 0.2) is 10.3 Å². The number of piperazine rings is 1. The van der Waals surface area contributed by atoms with E-state index in [0.29, 0.717) is 46.3 Å². The number of hydrogen-bond donors (Lipinski definition) is 2. The third-order valence-electron chi connectivity index (χ3n) is 5.38. The summed E-state index contributed by atoms with van der Waals surface area (Å²) in [6.45, 7) is 2.60. The predicted octanol–water partition coefficient (Wildman–Crippen LogP) is 3.36. The molecule has 0 aliphatic carbocycles. The number of carbonyl (C=O) groups excluding carboxylic acids is 2. The van der Waals surface area contributed by atoms with E-state index in [0.717, 1.165) is 11.1 Å². The quantitative estimate of drug-likeness (QED) is 0.615. The molecule has 2 amide bonds. The zero-order valence-electron chi connectivity index (χ0n) is 17.9. The van der Waals surface area contributed by atoms with E-state index in [1.807, 2.05) is 12.1 Å². The molecule has 0 radical (unpaired) electrons. The molecule has 1 fully saturated rings. The van der Waals surface area contributed by atoms with Crippen LogP contribution in [0, 0.1) is 0 Å². The highest BCUT2D eigenvalue weighted by Gasteiger charge is 2.32. The Balaban J connectivity index is 1.19. The summed E-state index contributed by atoms with van der Waals surface area (Å²) in [5.41, 5.74) is 1.49. The Kier molecular flexibility index (Phi) is 6.16. The Bertz CT molecular complexity index is 1190. The molecule has 3 heterocycles. The summed E-state index contributed by atoms with van der Waals surface area (Å²) in [5.74, 6) is -0.274. The zero-order valence-corrected chi connectivity index (χ0v) is 19.6. The predicted molar refractivity (Wildman–Crippen MR) is 135 cm³/mol. The van der Waals surface area contributed by atoms with Crippen molar-refractivity contribution in [1.82, 2.24) is 9.80 Å². The van der Waals surface area contributed by atoms with Gasteiger partial charge in [0.2, 0.25) is 0 Å². The molecule has 3 aliphatic heterocycles. The van der Waals surface area contributed by atoms with Crippen LogP contribution in [0.2, 0.25) is 0 Å². The van der Waals surface area contributed by atoms with Crippen molar-refractivity contribution < 1.29 is 19.8 Å². The van der Waals surface area contributed by atoms with Crippen LogP contribution < -0.4 is 0 Å². The molecule has 3 aliphatic rings. The second-order valence-electron chi connectivity index (χ2n) is 7.78.